The number of nitrogens with one attached hydrogen (secondary N) is 1. The standard InChI is InChI=1S/C25H28ClN5OS/c1-17-2-10-22(11-3-17)31-23(18-4-6-20(26)7-5-18)28-30(25(31)33)16-29-14-12-19(13-15-29)24(32)27-21-8-9-21/h2-7,10-11,19,21H,8-9,12-16H2,1H3,(H,27,32). The number of carbonyl (C=O) groups excluding carboxylic acids is 1. The summed E-state index contributed by atoms with van der Waals surface area (Å²) in [5.41, 5.74) is 3.14. The Morgan fingerprint density at radius 2 is 1.73 bits per heavy atom. The lowest BCUT2D eigenvalue weighted by Crippen LogP contribution is -2.41. The molecule has 0 bridgehead atoms. The minimum absolute atomic E-state index is 0.115. The molecule has 6 nitrogen and oxygen atoms in total. The van der Waals surface area contributed by atoms with E-state index < -0.39 is 0 Å². The molecular formula is C25H28ClN5OS. The van der Waals surface area contributed by atoms with Gasteiger partial charge in [0.25, 0.3) is 0 Å². The van der Waals surface area contributed by atoms with E-state index in [9.17, 15) is 4.79 Å². The smallest absolute Gasteiger partial charge is 0.223 e. The van der Waals surface area contributed by atoms with Crippen LogP contribution in [0.2, 0.25) is 5.02 Å². The van der Waals surface area contributed by atoms with Gasteiger partial charge in [-0.05, 0) is 81.2 Å². The largest absolute Gasteiger partial charge is 0.353 e. The van der Waals surface area contributed by atoms with Crippen LogP contribution in [0, 0.1) is 17.6 Å². The van der Waals surface area contributed by atoms with E-state index in [1.807, 2.05) is 33.5 Å². The van der Waals surface area contributed by atoms with Gasteiger partial charge < -0.3 is 5.32 Å². The molecule has 5 rings (SSSR count). The van der Waals surface area contributed by atoms with Gasteiger partial charge >= 0.3 is 0 Å². The summed E-state index contributed by atoms with van der Waals surface area (Å²) in [6, 6.07) is 16.4. The van der Waals surface area contributed by atoms with Crippen molar-refractivity contribution >= 4 is 29.7 Å². The molecular weight excluding hydrogens is 454 g/mol. The van der Waals surface area contributed by atoms with Crippen LogP contribution >= 0.6 is 23.8 Å². The van der Waals surface area contributed by atoms with Crippen molar-refractivity contribution in [3.63, 3.8) is 0 Å². The summed E-state index contributed by atoms with van der Waals surface area (Å²) in [7, 11) is 0. The van der Waals surface area contributed by atoms with E-state index in [-0.39, 0.29) is 11.8 Å². The van der Waals surface area contributed by atoms with Gasteiger partial charge in [-0.1, -0.05) is 29.3 Å². The van der Waals surface area contributed by atoms with E-state index in [0.717, 1.165) is 55.8 Å². The van der Waals surface area contributed by atoms with Gasteiger partial charge in [0.1, 0.15) is 0 Å². The number of hydrogen-bond acceptors (Lipinski definition) is 4. The van der Waals surface area contributed by atoms with Crippen molar-refractivity contribution in [2.45, 2.75) is 45.3 Å². The molecule has 1 N–H and O–H groups in total. The minimum atomic E-state index is 0.115. The summed E-state index contributed by atoms with van der Waals surface area (Å²) in [4.78, 5) is 14.7. The molecule has 0 radical (unpaired) electrons. The highest BCUT2D eigenvalue weighted by atomic mass is 35.5. The first-order valence-electron chi connectivity index (χ1n) is 11.5. The molecule has 33 heavy (non-hydrogen) atoms. The van der Waals surface area contributed by atoms with Crippen molar-refractivity contribution in [1.29, 1.82) is 0 Å². The van der Waals surface area contributed by atoms with Crippen LogP contribution in [-0.2, 0) is 11.5 Å². The molecule has 1 saturated carbocycles. The number of aromatic nitrogens is 3. The number of piperidine rings is 1. The highest BCUT2D eigenvalue weighted by Crippen LogP contribution is 2.26. The zero-order valence-corrected chi connectivity index (χ0v) is 20.3. The van der Waals surface area contributed by atoms with Crippen molar-refractivity contribution in [2.24, 2.45) is 5.92 Å². The fourth-order valence-corrected chi connectivity index (χ4v) is 4.70. The van der Waals surface area contributed by atoms with E-state index in [1.54, 1.807) is 0 Å². The first-order chi connectivity index (χ1) is 16.0. The van der Waals surface area contributed by atoms with Gasteiger partial charge in [-0.25, -0.2) is 4.68 Å². The zero-order chi connectivity index (χ0) is 22.9. The second-order valence-electron chi connectivity index (χ2n) is 9.10. The van der Waals surface area contributed by atoms with E-state index in [4.69, 9.17) is 28.9 Å². The lowest BCUT2D eigenvalue weighted by molar-refractivity contribution is -0.126. The quantitative estimate of drug-likeness (QED) is 0.504. The van der Waals surface area contributed by atoms with Crippen LogP contribution in [0.3, 0.4) is 0 Å². The molecule has 3 aromatic rings. The van der Waals surface area contributed by atoms with E-state index in [1.165, 1.54) is 5.56 Å². The molecule has 1 aromatic heterocycles. The lowest BCUT2D eigenvalue weighted by Gasteiger charge is -2.30. The Morgan fingerprint density at radius 3 is 2.36 bits per heavy atom. The molecule has 2 heterocycles. The molecule has 2 aliphatic rings. The summed E-state index contributed by atoms with van der Waals surface area (Å²) < 4.78 is 4.56. The summed E-state index contributed by atoms with van der Waals surface area (Å²) in [6.07, 6.45) is 3.99. The maximum atomic E-state index is 12.4. The number of likely N-dealkylation sites (tertiary alicyclic amines) is 1. The third-order valence-electron chi connectivity index (χ3n) is 6.45. The molecule has 2 aromatic carbocycles. The molecule has 0 atom stereocenters. The summed E-state index contributed by atoms with van der Waals surface area (Å²) in [5, 5.41) is 8.75. The molecule has 8 heteroatoms. The molecule has 1 amide bonds. The van der Waals surface area contributed by atoms with Gasteiger partial charge in [-0.15, -0.1) is 5.10 Å². The second-order valence-corrected chi connectivity index (χ2v) is 9.90. The Kier molecular flexibility index (Phi) is 6.36. The fraction of sp³-hybridized carbons (Fsp3) is 0.400. The first kappa shape index (κ1) is 22.3. The Hall–Kier alpha value is -2.48. The van der Waals surface area contributed by atoms with Crippen molar-refractivity contribution in [1.82, 2.24) is 24.6 Å². The number of rotatable bonds is 6. The summed E-state index contributed by atoms with van der Waals surface area (Å²) in [6.45, 7) is 4.40. The molecule has 0 spiro atoms. The van der Waals surface area contributed by atoms with Gasteiger partial charge in [-0.3, -0.25) is 14.3 Å². The van der Waals surface area contributed by atoms with Crippen LogP contribution in [0.1, 0.15) is 31.2 Å². The zero-order valence-electron chi connectivity index (χ0n) is 18.7. The Bertz CT molecular complexity index is 1190. The van der Waals surface area contributed by atoms with Crippen LogP contribution < -0.4 is 5.32 Å². The maximum Gasteiger partial charge on any atom is 0.223 e. The molecule has 1 saturated heterocycles. The van der Waals surface area contributed by atoms with Crippen LogP contribution in [0.5, 0.6) is 0 Å². The van der Waals surface area contributed by atoms with Crippen molar-refractivity contribution < 1.29 is 4.79 Å². The maximum absolute atomic E-state index is 12.4. The van der Waals surface area contributed by atoms with E-state index in [0.29, 0.717) is 22.5 Å². The minimum Gasteiger partial charge on any atom is -0.353 e. The third-order valence-corrected chi connectivity index (χ3v) is 7.10. The number of halogens is 1. The van der Waals surface area contributed by atoms with Crippen molar-refractivity contribution in [3.05, 3.63) is 63.9 Å². The van der Waals surface area contributed by atoms with Gasteiger partial charge in [0.15, 0.2) is 5.82 Å². The van der Waals surface area contributed by atoms with Gasteiger partial charge in [0.05, 0.1) is 6.67 Å². The van der Waals surface area contributed by atoms with Crippen LogP contribution in [0.15, 0.2) is 48.5 Å². The Morgan fingerprint density at radius 1 is 1.06 bits per heavy atom. The van der Waals surface area contributed by atoms with E-state index in [2.05, 4.69) is 41.4 Å². The van der Waals surface area contributed by atoms with Crippen LogP contribution in [-0.4, -0.2) is 44.3 Å². The number of nitrogens with zero attached hydrogens (tertiary/aromatic N) is 4. The predicted octanol–water partition coefficient (Wildman–Crippen LogP) is 4.98. The average Bonchev–Trinajstić information content (AvgIpc) is 3.58. The third kappa shape index (κ3) is 5.05. The Labute approximate surface area is 204 Å². The molecule has 1 aliphatic heterocycles. The highest BCUT2D eigenvalue weighted by Gasteiger charge is 2.30. The monoisotopic (exact) mass is 481 g/mol. The molecule has 0 unspecified atom stereocenters. The van der Waals surface area contributed by atoms with Crippen molar-refractivity contribution in [2.75, 3.05) is 13.1 Å². The molecule has 172 valence electrons. The normalized spacial score (nSPS) is 17.3. The first-order valence-corrected chi connectivity index (χ1v) is 12.3. The predicted molar refractivity (Wildman–Crippen MR) is 133 cm³/mol. The van der Waals surface area contributed by atoms with Crippen LogP contribution in [0.4, 0.5) is 0 Å². The molecule has 1 aliphatic carbocycles. The fourth-order valence-electron chi connectivity index (χ4n) is 4.29. The number of amides is 1. The van der Waals surface area contributed by atoms with E-state index >= 15 is 0 Å². The average molecular weight is 482 g/mol. The van der Waals surface area contributed by atoms with Crippen molar-refractivity contribution in [3.8, 4) is 17.1 Å². The SMILES string of the molecule is Cc1ccc(-n2c(-c3ccc(Cl)cc3)nn(CN3CCC(C(=O)NC4CC4)CC3)c2=S)cc1. The second kappa shape index (κ2) is 9.41. The lowest BCUT2D eigenvalue weighted by atomic mass is 9.96. The van der Waals surface area contributed by atoms with Gasteiger partial charge in [-0.2, -0.15) is 0 Å². The number of aryl methyl sites for hydroxylation is 1. The number of hydrogen-bond donors (Lipinski definition) is 1. The number of carbonyl (C=O) groups is 1. The highest BCUT2D eigenvalue weighted by molar-refractivity contribution is 7.71. The number of benzene rings is 2. The van der Waals surface area contributed by atoms with Gasteiger partial charge in [0.2, 0.25) is 10.7 Å². The van der Waals surface area contributed by atoms with Crippen LogP contribution in [0.25, 0.3) is 17.1 Å². The summed E-state index contributed by atoms with van der Waals surface area (Å²) >= 11 is 12.0. The van der Waals surface area contributed by atoms with Gasteiger partial charge in [0, 0.05) is 41.3 Å². The summed E-state index contributed by atoms with van der Waals surface area (Å²) in [5.74, 6) is 1.13. The Balaban J connectivity index is 1.38. The molecule has 2 fully saturated rings. The topological polar surface area (TPSA) is 55.1 Å².